The van der Waals surface area contributed by atoms with Crippen LogP contribution < -0.4 is 0 Å². The molecule has 0 unspecified atom stereocenters. The van der Waals surface area contributed by atoms with Crippen molar-refractivity contribution in [3.05, 3.63) is 0 Å². The third-order valence-electron chi connectivity index (χ3n) is 0. The first-order chi connectivity index (χ1) is 2.00. The minimum absolute atomic E-state index is 1.06. The summed E-state index contributed by atoms with van der Waals surface area (Å²) in [6.07, 6.45) is 0. The van der Waals surface area contributed by atoms with Crippen LogP contribution in [0.15, 0.2) is 0 Å². The van der Waals surface area contributed by atoms with Crippen molar-refractivity contribution in [2.75, 3.05) is 0 Å². The molecule has 0 aromatic rings. The summed E-state index contributed by atoms with van der Waals surface area (Å²) in [7, 11) is 0. The van der Waals surface area contributed by atoms with E-state index < -0.39 is 0 Å². The van der Waals surface area contributed by atoms with Crippen LogP contribution in [-0.4, -0.2) is 0 Å². The Kier molecular flexibility index (Phi) is 124. The predicted octanol–water partition coefficient (Wildman–Crippen LogP) is -0.243. The van der Waals surface area contributed by atoms with E-state index in [1.165, 1.54) is 0 Å². The van der Waals surface area contributed by atoms with Gasteiger partial charge in [-0.05, 0) is 0 Å². The molecule has 0 saturated heterocycles. The third kappa shape index (κ3) is 16.1. The normalized spacial score (nSPS) is 2.00. The van der Waals surface area contributed by atoms with Crippen molar-refractivity contribution in [2.45, 2.75) is 0 Å². The van der Waals surface area contributed by atoms with Crippen molar-refractivity contribution in [3.8, 4) is 0 Å². The van der Waals surface area contributed by atoms with Crippen LogP contribution in [0.2, 0.25) is 0 Å². The van der Waals surface area contributed by atoms with Gasteiger partial charge in [0.2, 0.25) is 0 Å². The molecular formula is CoO2V. The van der Waals surface area contributed by atoms with Crippen LogP contribution in [-0.2, 0) is 40.6 Å². The molecular weight excluding hydrogens is 142 g/mol. The van der Waals surface area contributed by atoms with Gasteiger partial charge in [-0.25, -0.2) is 0 Å². The van der Waals surface area contributed by atoms with Crippen LogP contribution in [0.1, 0.15) is 0 Å². The van der Waals surface area contributed by atoms with E-state index in [2.05, 4.69) is 15.7 Å². The summed E-state index contributed by atoms with van der Waals surface area (Å²) in [5.74, 6) is 0. The fraction of sp³-hybridized carbons (Fsp3) is 0. The molecule has 0 aliphatic heterocycles. The van der Waals surface area contributed by atoms with E-state index in [-0.39, 0.29) is 0 Å². The standard InChI is InChI=1S/Co.2O.V. The topological polar surface area (TPSA) is 34.1 Å². The van der Waals surface area contributed by atoms with Gasteiger partial charge in [0.1, 0.15) is 0 Å². The molecule has 0 aromatic carbocycles. The third-order valence-corrected chi connectivity index (χ3v) is 0. The monoisotopic (exact) mass is 142 g/mol. The number of hydrogen-bond donors (Lipinski definition) is 0. The summed E-state index contributed by atoms with van der Waals surface area (Å²) in [6.45, 7) is 0. The molecule has 0 heterocycles. The van der Waals surface area contributed by atoms with Crippen LogP contribution in [0.5, 0.6) is 0 Å². The second kappa shape index (κ2) is 56.0. The molecule has 0 rings (SSSR count). The summed E-state index contributed by atoms with van der Waals surface area (Å²) < 4.78 is 16.1. The minimum atomic E-state index is 1.06. The maximum atomic E-state index is 8.19. The van der Waals surface area contributed by atoms with Gasteiger partial charge in [0.05, 0.1) is 0 Å². The molecule has 0 atom stereocenters. The summed E-state index contributed by atoms with van der Waals surface area (Å²) in [6, 6.07) is 0. The van der Waals surface area contributed by atoms with E-state index >= 15 is 0 Å². The second-order valence-electron chi connectivity index (χ2n) is 0. The zero-order valence-corrected chi connectivity index (χ0v) is 4.03. The quantitative estimate of drug-likeness (QED) is 0.467. The average Bonchev–Trinajstić information content (AvgIpc) is 1.50. The van der Waals surface area contributed by atoms with E-state index in [1.807, 2.05) is 0 Å². The Hall–Kier alpha value is 0.691. The second-order valence-corrected chi connectivity index (χ2v) is 0. The van der Waals surface area contributed by atoms with Gasteiger partial charge in [0.15, 0.2) is 0 Å². The SMILES string of the molecule is [O]=[Co].[O]=[V]. The first-order valence-electron chi connectivity index (χ1n) is 0.319. The zero-order valence-electron chi connectivity index (χ0n) is 1.60. The van der Waals surface area contributed by atoms with Gasteiger partial charge in [-0.1, -0.05) is 0 Å². The Bertz CT molecular complexity index is 8.00. The molecule has 2 nitrogen and oxygen atoms in total. The Morgan fingerprint density at radius 3 is 1.25 bits per heavy atom. The summed E-state index contributed by atoms with van der Waals surface area (Å²) in [5, 5.41) is 0. The van der Waals surface area contributed by atoms with Crippen LogP contribution in [0.4, 0.5) is 0 Å². The van der Waals surface area contributed by atoms with E-state index in [9.17, 15) is 0 Å². The van der Waals surface area contributed by atoms with Crippen LogP contribution in [0.25, 0.3) is 0 Å². The molecule has 0 aliphatic rings. The molecule has 0 radical (unpaired) electrons. The fourth-order valence-electron chi connectivity index (χ4n) is 0. The van der Waals surface area contributed by atoms with Gasteiger partial charge in [-0.15, -0.1) is 0 Å². The number of rotatable bonds is 0. The Morgan fingerprint density at radius 2 is 1.25 bits per heavy atom. The van der Waals surface area contributed by atoms with Crippen LogP contribution >= 0.6 is 0 Å². The summed E-state index contributed by atoms with van der Waals surface area (Å²) in [5.41, 5.74) is 0. The predicted molar refractivity (Wildman–Crippen MR) is 1.37 cm³/mol. The van der Waals surface area contributed by atoms with Crippen LogP contribution in [0, 0.1) is 0 Å². The number of hydrogen-bond acceptors (Lipinski definition) is 2. The van der Waals surface area contributed by atoms with E-state index in [0.29, 0.717) is 0 Å². The molecule has 4 heteroatoms. The van der Waals surface area contributed by atoms with Gasteiger partial charge < -0.3 is 0 Å². The summed E-state index contributed by atoms with van der Waals surface area (Å²) >= 11 is 3.38. The Balaban J connectivity index is 0. The zero-order chi connectivity index (χ0) is 4.00. The van der Waals surface area contributed by atoms with Gasteiger partial charge in [0.25, 0.3) is 0 Å². The van der Waals surface area contributed by atoms with E-state index in [0.717, 1.165) is 17.4 Å². The van der Waals surface area contributed by atoms with Crippen molar-refractivity contribution >= 4 is 0 Å². The Labute approximate surface area is 40.9 Å². The van der Waals surface area contributed by atoms with Crippen molar-refractivity contribution < 1.29 is 40.6 Å². The molecule has 0 bridgehead atoms. The molecule has 0 amide bonds. The van der Waals surface area contributed by atoms with Gasteiger partial charge in [0, 0.05) is 0 Å². The summed E-state index contributed by atoms with van der Waals surface area (Å²) in [4.78, 5) is 0. The first-order valence-corrected chi connectivity index (χ1v) is 1.31. The van der Waals surface area contributed by atoms with Crippen LogP contribution in [0.3, 0.4) is 0 Å². The maximum absolute atomic E-state index is 8.19. The van der Waals surface area contributed by atoms with E-state index in [4.69, 9.17) is 7.54 Å². The van der Waals surface area contributed by atoms with Crippen molar-refractivity contribution in [1.29, 1.82) is 0 Å². The molecule has 0 spiro atoms. The van der Waals surface area contributed by atoms with Crippen molar-refractivity contribution in [1.82, 2.24) is 0 Å². The fourth-order valence-corrected chi connectivity index (χ4v) is 0. The van der Waals surface area contributed by atoms with E-state index in [1.54, 1.807) is 0 Å². The van der Waals surface area contributed by atoms with Gasteiger partial charge >= 0.3 is 40.6 Å². The molecule has 4 heavy (non-hydrogen) atoms. The molecule has 0 aliphatic carbocycles. The molecule has 26 valence electrons. The first kappa shape index (κ1) is 8.83. The molecule has 0 N–H and O–H groups in total. The van der Waals surface area contributed by atoms with Crippen molar-refractivity contribution in [3.63, 3.8) is 0 Å². The molecule has 0 fully saturated rings. The molecule has 0 saturated carbocycles. The Morgan fingerprint density at radius 1 is 1.25 bits per heavy atom. The van der Waals surface area contributed by atoms with Gasteiger partial charge in [-0.2, -0.15) is 0 Å². The molecule has 0 aromatic heterocycles. The van der Waals surface area contributed by atoms with Gasteiger partial charge in [-0.3, -0.25) is 0 Å². The average molecular weight is 142 g/mol. The van der Waals surface area contributed by atoms with Crippen molar-refractivity contribution in [2.24, 2.45) is 0 Å².